The lowest BCUT2D eigenvalue weighted by molar-refractivity contribution is 0.182. The molecule has 1 aromatic heterocycles. The van der Waals surface area contributed by atoms with Crippen LogP contribution < -0.4 is 4.74 Å². The number of nitrogens with zero attached hydrogens (tertiary/aromatic N) is 1. The number of benzene rings is 1. The van der Waals surface area contributed by atoms with Crippen molar-refractivity contribution in [1.82, 2.24) is 5.16 Å². The first-order chi connectivity index (χ1) is 6.86. The molecule has 0 aliphatic rings. The predicted molar refractivity (Wildman–Crippen MR) is 52.0 cm³/mol. The Morgan fingerprint density at radius 1 is 1.21 bits per heavy atom. The van der Waals surface area contributed by atoms with Crippen LogP contribution in [0.4, 0.5) is 0 Å². The molecule has 1 heterocycles. The third-order valence-electron chi connectivity index (χ3n) is 1.91. The molecule has 0 aliphatic heterocycles. The Balaban J connectivity index is 2.06. The van der Waals surface area contributed by atoms with Gasteiger partial charge in [-0.25, -0.2) is 0 Å². The summed E-state index contributed by atoms with van der Waals surface area (Å²) in [4.78, 5) is 0. The number of hydrogen-bond acceptors (Lipinski definition) is 3. The van der Waals surface area contributed by atoms with Crippen molar-refractivity contribution >= 4 is 0 Å². The van der Waals surface area contributed by atoms with E-state index in [-0.39, 0.29) is 6.10 Å². The summed E-state index contributed by atoms with van der Waals surface area (Å²) in [6, 6.07) is 11.4. The second-order valence-electron chi connectivity index (χ2n) is 2.99. The number of aromatic nitrogens is 1. The van der Waals surface area contributed by atoms with Gasteiger partial charge in [-0.3, -0.25) is 0 Å². The van der Waals surface area contributed by atoms with E-state index in [1.54, 1.807) is 12.3 Å². The molecule has 14 heavy (non-hydrogen) atoms. The van der Waals surface area contributed by atoms with E-state index >= 15 is 0 Å². The van der Waals surface area contributed by atoms with E-state index < -0.39 is 0 Å². The maximum absolute atomic E-state index is 5.62. The molecule has 2 rings (SSSR count). The van der Waals surface area contributed by atoms with Crippen LogP contribution >= 0.6 is 0 Å². The zero-order valence-electron chi connectivity index (χ0n) is 7.88. The van der Waals surface area contributed by atoms with Gasteiger partial charge in [0.25, 0.3) is 0 Å². The second kappa shape index (κ2) is 3.96. The Hall–Kier alpha value is -1.77. The van der Waals surface area contributed by atoms with E-state index in [1.807, 2.05) is 37.3 Å². The molecule has 0 fully saturated rings. The van der Waals surface area contributed by atoms with Gasteiger partial charge >= 0.3 is 0 Å². The summed E-state index contributed by atoms with van der Waals surface area (Å²) in [5.74, 6) is 1.56. The standard InChI is InChI=1S/C11H11NO2/c1-9(11-7-8-12-14-11)13-10-5-3-2-4-6-10/h2-9H,1H3/t9-/m1/s1. The molecule has 0 spiro atoms. The Morgan fingerprint density at radius 2 is 2.00 bits per heavy atom. The van der Waals surface area contributed by atoms with Crippen LogP contribution in [0.15, 0.2) is 47.1 Å². The van der Waals surface area contributed by atoms with Gasteiger partial charge in [-0.05, 0) is 19.1 Å². The van der Waals surface area contributed by atoms with Gasteiger partial charge < -0.3 is 9.26 Å². The number of para-hydroxylation sites is 1. The van der Waals surface area contributed by atoms with Crippen molar-refractivity contribution in [1.29, 1.82) is 0 Å². The lowest BCUT2D eigenvalue weighted by Crippen LogP contribution is -2.01. The first-order valence-electron chi connectivity index (χ1n) is 4.48. The highest BCUT2D eigenvalue weighted by Gasteiger charge is 2.10. The van der Waals surface area contributed by atoms with Crippen LogP contribution in [0.1, 0.15) is 18.8 Å². The van der Waals surface area contributed by atoms with Crippen LogP contribution in [-0.4, -0.2) is 5.16 Å². The number of hydrogen-bond donors (Lipinski definition) is 0. The van der Waals surface area contributed by atoms with E-state index in [9.17, 15) is 0 Å². The molecule has 0 amide bonds. The first-order valence-corrected chi connectivity index (χ1v) is 4.48. The predicted octanol–water partition coefficient (Wildman–Crippen LogP) is 2.81. The molecule has 1 atom stereocenters. The second-order valence-corrected chi connectivity index (χ2v) is 2.99. The molecule has 3 nitrogen and oxygen atoms in total. The van der Waals surface area contributed by atoms with E-state index in [1.165, 1.54) is 0 Å². The number of ether oxygens (including phenoxy) is 1. The van der Waals surface area contributed by atoms with E-state index in [4.69, 9.17) is 9.26 Å². The van der Waals surface area contributed by atoms with E-state index in [2.05, 4.69) is 5.16 Å². The Bertz CT molecular complexity index is 369. The highest BCUT2D eigenvalue weighted by molar-refractivity contribution is 5.21. The van der Waals surface area contributed by atoms with Gasteiger partial charge in [-0.2, -0.15) is 0 Å². The fourth-order valence-electron chi connectivity index (χ4n) is 1.20. The van der Waals surface area contributed by atoms with E-state index in [0.717, 1.165) is 11.5 Å². The van der Waals surface area contributed by atoms with Crippen molar-refractivity contribution in [3.8, 4) is 5.75 Å². The Labute approximate surface area is 82.3 Å². The summed E-state index contributed by atoms with van der Waals surface area (Å²) in [7, 11) is 0. The van der Waals surface area contributed by atoms with Crippen molar-refractivity contribution in [2.45, 2.75) is 13.0 Å². The molecule has 0 unspecified atom stereocenters. The molecule has 72 valence electrons. The maximum atomic E-state index is 5.62. The summed E-state index contributed by atoms with van der Waals surface area (Å²) in [6.07, 6.45) is 1.50. The smallest absolute Gasteiger partial charge is 0.176 e. The minimum absolute atomic E-state index is 0.111. The summed E-state index contributed by atoms with van der Waals surface area (Å²) >= 11 is 0. The van der Waals surface area contributed by atoms with Gasteiger partial charge in [0, 0.05) is 6.07 Å². The molecule has 0 radical (unpaired) electrons. The fourth-order valence-corrected chi connectivity index (χ4v) is 1.20. The van der Waals surface area contributed by atoms with Crippen LogP contribution in [0.2, 0.25) is 0 Å². The number of rotatable bonds is 3. The summed E-state index contributed by atoms with van der Waals surface area (Å²) in [6.45, 7) is 1.92. The molecule has 0 saturated carbocycles. The molecule has 0 bridgehead atoms. The highest BCUT2D eigenvalue weighted by atomic mass is 16.5. The summed E-state index contributed by atoms with van der Waals surface area (Å²) in [5, 5.41) is 3.63. The molecule has 3 heteroatoms. The lowest BCUT2D eigenvalue weighted by Gasteiger charge is -2.10. The third kappa shape index (κ3) is 1.93. The van der Waals surface area contributed by atoms with Crippen molar-refractivity contribution in [3.05, 3.63) is 48.4 Å². The largest absolute Gasteiger partial charge is 0.483 e. The lowest BCUT2D eigenvalue weighted by atomic mass is 10.3. The first kappa shape index (κ1) is 8.81. The summed E-state index contributed by atoms with van der Waals surface area (Å²) < 4.78 is 10.6. The average Bonchev–Trinajstić information content (AvgIpc) is 2.72. The van der Waals surface area contributed by atoms with Gasteiger partial charge in [0.1, 0.15) is 5.75 Å². The maximum Gasteiger partial charge on any atom is 0.176 e. The van der Waals surface area contributed by atoms with Crippen LogP contribution in [-0.2, 0) is 0 Å². The zero-order valence-corrected chi connectivity index (χ0v) is 7.88. The van der Waals surface area contributed by atoms with Crippen LogP contribution in [0.3, 0.4) is 0 Å². The third-order valence-corrected chi connectivity index (χ3v) is 1.91. The molecular weight excluding hydrogens is 178 g/mol. The van der Waals surface area contributed by atoms with Crippen LogP contribution in [0.25, 0.3) is 0 Å². The zero-order chi connectivity index (χ0) is 9.80. The molecule has 1 aromatic carbocycles. The van der Waals surface area contributed by atoms with Gasteiger partial charge in [0.05, 0.1) is 6.20 Å². The van der Waals surface area contributed by atoms with E-state index in [0.29, 0.717) is 0 Å². The van der Waals surface area contributed by atoms with Gasteiger partial charge in [0.2, 0.25) is 0 Å². The molecule has 0 saturated heterocycles. The van der Waals surface area contributed by atoms with Crippen molar-refractivity contribution in [2.75, 3.05) is 0 Å². The van der Waals surface area contributed by atoms with Crippen LogP contribution in [0.5, 0.6) is 5.75 Å². The molecule has 2 aromatic rings. The Kier molecular flexibility index (Phi) is 2.49. The minimum Gasteiger partial charge on any atom is -0.483 e. The monoisotopic (exact) mass is 189 g/mol. The van der Waals surface area contributed by atoms with Crippen molar-refractivity contribution < 1.29 is 9.26 Å². The van der Waals surface area contributed by atoms with Crippen molar-refractivity contribution in [2.24, 2.45) is 0 Å². The van der Waals surface area contributed by atoms with Gasteiger partial charge in [-0.1, -0.05) is 23.4 Å². The highest BCUT2D eigenvalue weighted by Crippen LogP contribution is 2.20. The molecular formula is C11H11NO2. The summed E-state index contributed by atoms with van der Waals surface area (Å²) in [5.41, 5.74) is 0. The molecule has 0 N–H and O–H groups in total. The topological polar surface area (TPSA) is 35.3 Å². The SMILES string of the molecule is C[C@@H](Oc1ccccc1)c1ccno1. The van der Waals surface area contributed by atoms with Crippen LogP contribution in [0, 0.1) is 0 Å². The average molecular weight is 189 g/mol. The quantitative estimate of drug-likeness (QED) is 0.744. The fraction of sp³-hybridized carbons (Fsp3) is 0.182. The molecule has 0 aliphatic carbocycles. The van der Waals surface area contributed by atoms with Gasteiger partial charge in [-0.15, -0.1) is 0 Å². The normalized spacial score (nSPS) is 12.4. The van der Waals surface area contributed by atoms with Gasteiger partial charge in [0.15, 0.2) is 11.9 Å². The minimum atomic E-state index is -0.111. The Morgan fingerprint density at radius 3 is 2.64 bits per heavy atom. The van der Waals surface area contributed by atoms with Crippen molar-refractivity contribution in [3.63, 3.8) is 0 Å².